The van der Waals surface area contributed by atoms with E-state index in [1.165, 1.54) is 18.2 Å². The predicted octanol–water partition coefficient (Wildman–Crippen LogP) is 0.00300. The minimum absolute atomic E-state index is 0. The van der Waals surface area contributed by atoms with Crippen LogP contribution in [0.25, 0.3) is 0 Å². The second kappa shape index (κ2) is 33.7. The molecule has 20 heteroatoms. The molecule has 0 aromatic carbocycles. The Hall–Kier alpha value is -4.47. The van der Waals surface area contributed by atoms with Crippen LogP contribution >= 0.6 is 0 Å². The van der Waals surface area contributed by atoms with E-state index in [2.05, 4.69) is 4.42 Å². The van der Waals surface area contributed by atoms with Crippen LogP contribution < -0.4 is 29.6 Å². The Morgan fingerprint density at radius 1 is 0.596 bits per heavy atom. The summed E-state index contributed by atoms with van der Waals surface area (Å²) in [5.41, 5.74) is 0. The molecule has 4 aromatic heterocycles. The molecule has 4 aromatic rings. The van der Waals surface area contributed by atoms with E-state index in [0.29, 0.717) is 23.6 Å². The third-order valence-corrected chi connectivity index (χ3v) is 4.57. The van der Waals surface area contributed by atoms with Gasteiger partial charge >= 0.3 is 54.9 Å². The van der Waals surface area contributed by atoms with Gasteiger partial charge in [0.1, 0.15) is 37.1 Å². The Labute approximate surface area is 325 Å². The first-order valence-electron chi connectivity index (χ1n) is 14.5. The molecule has 0 aliphatic carbocycles. The molecule has 0 aliphatic rings. The van der Waals surface area contributed by atoms with Crippen molar-refractivity contribution in [2.24, 2.45) is 0 Å². The van der Waals surface area contributed by atoms with Crippen LogP contribution in [0.4, 0.5) is 0 Å². The molecule has 0 unspecified atom stereocenters. The molecule has 18 nitrogen and oxygen atoms in total. The van der Waals surface area contributed by atoms with E-state index in [1.54, 1.807) is 45.9 Å². The van der Waals surface area contributed by atoms with E-state index in [1.807, 2.05) is 0 Å². The van der Waals surface area contributed by atoms with Crippen LogP contribution in [-0.2, 0) is 29.3 Å². The van der Waals surface area contributed by atoms with Crippen LogP contribution in [0.5, 0.6) is 0 Å². The van der Waals surface area contributed by atoms with E-state index in [0.717, 1.165) is 12.1 Å². The van der Waals surface area contributed by atoms with Crippen LogP contribution in [0, 0.1) is 0 Å². The summed E-state index contributed by atoms with van der Waals surface area (Å²) >= 11 is 0. The first-order chi connectivity index (χ1) is 23.8. The van der Waals surface area contributed by atoms with Crippen molar-refractivity contribution in [2.45, 2.75) is 47.5 Å². The fraction of sp³-hybridized carbons (Fsp3) is 0.344. The molecule has 0 atom stereocenters. The predicted molar refractivity (Wildman–Crippen MR) is 177 cm³/mol. The molecule has 0 amide bonds. The van der Waals surface area contributed by atoms with Crippen LogP contribution in [0.2, 0.25) is 0 Å². The molecule has 3 radical (unpaired) electrons. The van der Waals surface area contributed by atoms with Crippen molar-refractivity contribution < 1.29 is 119 Å². The number of hydrogen-bond donors (Lipinski definition) is 7. The summed E-state index contributed by atoms with van der Waals surface area (Å²) in [6.07, 6.45) is 0.596. The van der Waals surface area contributed by atoms with Gasteiger partial charge in [-0.2, -0.15) is 0 Å². The van der Waals surface area contributed by atoms with Crippen molar-refractivity contribution in [3.05, 3.63) is 94.6 Å². The van der Waals surface area contributed by atoms with Gasteiger partial charge in [0.2, 0.25) is 23.0 Å². The number of esters is 2. The van der Waals surface area contributed by atoms with Crippen LogP contribution in [0.3, 0.4) is 0 Å². The summed E-state index contributed by atoms with van der Waals surface area (Å²) < 4.78 is 28.4. The third-order valence-electron chi connectivity index (χ3n) is 4.57. The summed E-state index contributed by atoms with van der Waals surface area (Å²) in [6.45, 7) is 7.37. The largest absolute Gasteiger partial charge is 1.00 e. The average Bonchev–Trinajstić information content (AvgIpc) is 3.93. The number of aliphatic hydroxyl groups is 5. The molecule has 0 saturated heterocycles. The van der Waals surface area contributed by atoms with Gasteiger partial charge in [-0.1, -0.05) is 0 Å². The Balaban J connectivity index is -0.000000134. The monoisotopic (exact) mass is 750 g/mol. The SMILES string of the molecule is CCO.CCO.CCOC(=O)c1ccc(C(=O)OCC)o1.O=C(O)c1ccc(C(=O)O)o1.O=Cc1ccc(CO)o1.OCc1ccc(CO)o1.[B].[H+].[H-].[Na+]. The molecule has 4 heterocycles. The molecule has 0 spiro atoms. The molecule has 7 N–H and O–H groups in total. The zero-order chi connectivity index (χ0) is 38.5. The summed E-state index contributed by atoms with van der Waals surface area (Å²) in [5, 5.41) is 57.1. The molecule has 0 saturated carbocycles. The van der Waals surface area contributed by atoms with Crippen molar-refractivity contribution in [2.75, 3.05) is 26.4 Å². The zero-order valence-electron chi connectivity index (χ0n) is 31.3. The molecular formula is C32H44BNaO18+. The standard InChI is InChI=1S/C10H12O5.C6H4O5.C6H8O3.C6H6O3.2C2H6O.B.Na.H/c1-3-13-9(11)7-5-6-8(15-7)10(12)14-4-2;7-5(8)3-1-2-4(11-3)6(9)10;2*7-3-5-1-2-6(4-8)9-5;2*1-2-3;;;/h5-6H,3-4H2,1-2H3;1-2H,(H,7,8)(H,9,10);1-2,7-8H,3-4H2;1-3,8H,4H2;2*3H,2H2,1H3;;;/q;;;;;;;+1;-1/p+1. The van der Waals surface area contributed by atoms with Crippen molar-refractivity contribution in [1.29, 1.82) is 0 Å². The maximum atomic E-state index is 11.2. The van der Waals surface area contributed by atoms with Crippen LogP contribution in [-0.4, -0.2) is 101 Å². The summed E-state index contributed by atoms with van der Waals surface area (Å²) in [4.78, 5) is 52.6. The van der Waals surface area contributed by atoms with E-state index in [9.17, 15) is 24.0 Å². The third kappa shape index (κ3) is 23.9. The first-order valence-corrected chi connectivity index (χ1v) is 14.5. The van der Waals surface area contributed by atoms with E-state index in [4.69, 9.17) is 58.5 Å². The van der Waals surface area contributed by atoms with Gasteiger partial charge in [-0.25, -0.2) is 19.2 Å². The number of aliphatic hydroxyl groups excluding tert-OH is 5. The van der Waals surface area contributed by atoms with Gasteiger partial charge in [-0.05, 0) is 76.2 Å². The Kier molecular flexibility index (Phi) is 35.2. The molecule has 0 bridgehead atoms. The molecular weight excluding hydrogens is 706 g/mol. The van der Waals surface area contributed by atoms with Gasteiger partial charge < -0.3 is 64.3 Å². The fourth-order valence-corrected chi connectivity index (χ4v) is 2.66. The number of carboxylic acid groups (broad SMARTS) is 2. The summed E-state index contributed by atoms with van der Waals surface area (Å²) in [5.74, 6) is -2.85. The molecule has 52 heavy (non-hydrogen) atoms. The Bertz CT molecular complexity index is 1450. The van der Waals surface area contributed by atoms with E-state index < -0.39 is 23.9 Å². The van der Waals surface area contributed by atoms with Crippen LogP contribution in [0.15, 0.2) is 66.2 Å². The van der Waals surface area contributed by atoms with Crippen molar-refractivity contribution in [3.8, 4) is 0 Å². The number of hydrogen-bond acceptors (Lipinski definition) is 16. The van der Waals surface area contributed by atoms with Gasteiger partial charge in [-0.15, -0.1) is 0 Å². The van der Waals surface area contributed by atoms with Crippen molar-refractivity contribution in [3.63, 3.8) is 0 Å². The minimum atomic E-state index is -1.28. The number of aldehydes is 1. The Morgan fingerprint density at radius 3 is 1.13 bits per heavy atom. The van der Waals surface area contributed by atoms with Crippen LogP contribution in [0.1, 0.15) is 101 Å². The number of carboxylic acids is 2. The number of ether oxygens (including phenoxy) is 2. The van der Waals surface area contributed by atoms with E-state index >= 15 is 0 Å². The summed E-state index contributed by atoms with van der Waals surface area (Å²) in [7, 11) is 0. The van der Waals surface area contributed by atoms with Gasteiger partial charge in [0.25, 0.3) is 0 Å². The van der Waals surface area contributed by atoms with Gasteiger partial charge in [-0.3, -0.25) is 4.79 Å². The second-order valence-electron chi connectivity index (χ2n) is 8.28. The number of aromatic carboxylic acids is 2. The topological polar surface area (TPSA) is 298 Å². The maximum Gasteiger partial charge on any atom is 1.00 e. The molecule has 0 aliphatic heterocycles. The average molecular weight is 750 g/mol. The molecule has 283 valence electrons. The maximum absolute atomic E-state index is 11.2. The quantitative estimate of drug-likeness (QED) is 0.0637. The normalized spacial score (nSPS) is 8.87. The number of furan rings is 4. The van der Waals surface area contributed by atoms with Crippen molar-refractivity contribution >= 4 is 38.6 Å². The smallest absolute Gasteiger partial charge is 1.00 e. The van der Waals surface area contributed by atoms with Crippen molar-refractivity contribution in [1.82, 2.24) is 0 Å². The van der Waals surface area contributed by atoms with Gasteiger partial charge in [0.05, 0.1) is 13.2 Å². The van der Waals surface area contributed by atoms with E-state index in [-0.39, 0.29) is 116 Å². The molecule has 4 rings (SSSR count). The first kappa shape index (κ1) is 54.3. The second-order valence-corrected chi connectivity index (χ2v) is 8.28. The fourth-order valence-electron chi connectivity index (χ4n) is 2.66. The Morgan fingerprint density at radius 2 is 0.904 bits per heavy atom. The number of carbonyl (C=O) groups is 5. The summed E-state index contributed by atoms with van der Waals surface area (Å²) in [6, 6.07) is 11.3. The molecule has 0 fully saturated rings. The zero-order valence-corrected chi connectivity index (χ0v) is 31.3. The number of carbonyl (C=O) groups excluding carboxylic acids is 3. The van der Waals surface area contributed by atoms with Gasteiger partial charge in [0.15, 0.2) is 12.0 Å². The number of rotatable bonds is 10. The van der Waals surface area contributed by atoms with Gasteiger partial charge in [0, 0.05) is 21.6 Å². The minimum Gasteiger partial charge on any atom is -1.00 e.